The fraction of sp³-hybridized carbons (Fsp3) is 0.286. The molecule has 0 spiro atoms. The van der Waals surface area contributed by atoms with E-state index in [0.29, 0.717) is 22.2 Å². The van der Waals surface area contributed by atoms with Gasteiger partial charge in [-0.3, -0.25) is 4.79 Å². The van der Waals surface area contributed by atoms with Gasteiger partial charge in [0.2, 0.25) is 0 Å². The van der Waals surface area contributed by atoms with Gasteiger partial charge in [0, 0.05) is 18.9 Å². The maximum Gasteiger partial charge on any atom is 0.343 e. The minimum Gasteiger partial charge on any atom is -0.465 e. The number of aliphatic hydroxyl groups is 1. The van der Waals surface area contributed by atoms with Crippen molar-refractivity contribution in [3.05, 3.63) is 40.1 Å². The highest BCUT2D eigenvalue weighted by Gasteiger charge is 2.20. The minimum absolute atomic E-state index is 0.131. The molecule has 114 valence electrons. The van der Waals surface area contributed by atoms with E-state index < -0.39 is 5.97 Å². The van der Waals surface area contributed by atoms with Gasteiger partial charge in [-0.15, -0.1) is 0 Å². The number of methoxy groups -OCH3 is 1. The number of carbonyl (C=O) groups is 1. The van der Waals surface area contributed by atoms with E-state index in [1.807, 2.05) is 0 Å². The summed E-state index contributed by atoms with van der Waals surface area (Å²) in [5, 5.41) is 13.6. The number of carbonyl (C=O) groups excluding carboxylic acids is 1. The Morgan fingerprint density at radius 1 is 1.45 bits per heavy atom. The van der Waals surface area contributed by atoms with Crippen LogP contribution in [0.5, 0.6) is 0 Å². The first-order valence-electron chi connectivity index (χ1n) is 6.65. The molecule has 0 aromatic carbocycles. The Kier molecular flexibility index (Phi) is 3.38. The summed E-state index contributed by atoms with van der Waals surface area (Å²) in [6.45, 7) is 1.76. The number of hydrogen-bond acceptors (Lipinski definition) is 6. The van der Waals surface area contributed by atoms with E-state index >= 15 is 0 Å². The smallest absolute Gasteiger partial charge is 0.343 e. The molecule has 0 amide bonds. The first-order chi connectivity index (χ1) is 10.6. The van der Waals surface area contributed by atoms with E-state index in [9.17, 15) is 9.59 Å². The predicted octanol–water partition coefficient (Wildman–Crippen LogP) is 0.132. The zero-order valence-electron chi connectivity index (χ0n) is 12.1. The summed E-state index contributed by atoms with van der Waals surface area (Å²) in [4.78, 5) is 28.4. The first-order valence-corrected chi connectivity index (χ1v) is 6.65. The number of esters is 1. The highest BCUT2D eigenvalue weighted by Crippen LogP contribution is 2.18. The molecule has 3 aromatic rings. The van der Waals surface area contributed by atoms with Crippen LogP contribution in [0.2, 0.25) is 0 Å². The van der Waals surface area contributed by atoms with E-state index in [2.05, 4.69) is 10.1 Å². The SMILES string of the molecule is COC(=O)c1c(C)nn2c1ncc1c(=O)n(CCO)ccc12. The Morgan fingerprint density at radius 3 is 2.91 bits per heavy atom. The molecule has 0 aliphatic heterocycles. The lowest BCUT2D eigenvalue weighted by atomic mass is 10.2. The lowest BCUT2D eigenvalue weighted by Gasteiger charge is -2.06. The van der Waals surface area contributed by atoms with Gasteiger partial charge in [-0.1, -0.05) is 0 Å². The molecule has 8 nitrogen and oxygen atoms in total. The van der Waals surface area contributed by atoms with Crippen LogP contribution >= 0.6 is 0 Å². The molecular weight excluding hydrogens is 288 g/mol. The normalized spacial score (nSPS) is 11.2. The molecule has 0 unspecified atom stereocenters. The summed E-state index contributed by atoms with van der Waals surface area (Å²) in [5.41, 5.74) is 1.38. The molecule has 8 heteroatoms. The van der Waals surface area contributed by atoms with E-state index in [0.717, 1.165) is 0 Å². The quantitative estimate of drug-likeness (QED) is 0.691. The van der Waals surface area contributed by atoms with Gasteiger partial charge in [-0.25, -0.2) is 14.3 Å². The lowest BCUT2D eigenvalue weighted by Crippen LogP contribution is -2.22. The van der Waals surface area contributed by atoms with Gasteiger partial charge in [-0.2, -0.15) is 5.10 Å². The zero-order valence-corrected chi connectivity index (χ0v) is 12.1. The Labute approximate surface area is 124 Å². The molecule has 3 rings (SSSR count). The van der Waals surface area contributed by atoms with E-state index in [1.165, 1.54) is 22.4 Å². The number of rotatable bonds is 3. The van der Waals surface area contributed by atoms with Crippen molar-refractivity contribution in [1.82, 2.24) is 19.2 Å². The van der Waals surface area contributed by atoms with Crippen molar-refractivity contribution in [3.8, 4) is 0 Å². The van der Waals surface area contributed by atoms with Crippen molar-refractivity contribution >= 4 is 22.5 Å². The number of fused-ring (bicyclic) bond motifs is 3. The van der Waals surface area contributed by atoms with Crippen molar-refractivity contribution in [3.63, 3.8) is 0 Å². The third-order valence-electron chi connectivity index (χ3n) is 3.49. The van der Waals surface area contributed by atoms with Crippen LogP contribution in [0.3, 0.4) is 0 Å². The molecule has 22 heavy (non-hydrogen) atoms. The maximum atomic E-state index is 12.3. The van der Waals surface area contributed by atoms with Crippen molar-refractivity contribution in [2.24, 2.45) is 0 Å². The van der Waals surface area contributed by atoms with Gasteiger partial charge in [0.15, 0.2) is 5.65 Å². The number of hydrogen-bond donors (Lipinski definition) is 1. The van der Waals surface area contributed by atoms with Crippen LogP contribution in [-0.2, 0) is 11.3 Å². The fourth-order valence-electron chi connectivity index (χ4n) is 2.44. The van der Waals surface area contributed by atoms with Crippen molar-refractivity contribution in [2.75, 3.05) is 13.7 Å². The minimum atomic E-state index is -0.520. The van der Waals surface area contributed by atoms with Crippen LogP contribution in [0.4, 0.5) is 0 Å². The summed E-state index contributed by atoms with van der Waals surface area (Å²) < 4.78 is 7.60. The molecule has 0 aliphatic rings. The van der Waals surface area contributed by atoms with Gasteiger partial charge in [0.05, 0.1) is 30.3 Å². The lowest BCUT2D eigenvalue weighted by molar-refractivity contribution is 0.0602. The molecule has 3 aromatic heterocycles. The van der Waals surface area contributed by atoms with Crippen LogP contribution in [0.1, 0.15) is 16.1 Å². The van der Waals surface area contributed by atoms with Crippen molar-refractivity contribution in [1.29, 1.82) is 0 Å². The number of aliphatic hydroxyl groups excluding tert-OH is 1. The highest BCUT2D eigenvalue weighted by atomic mass is 16.5. The molecule has 3 heterocycles. The Bertz CT molecular complexity index is 941. The van der Waals surface area contributed by atoms with Gasteiger partial charge < -0.3 is 14.4 Å². The molecule has 0 saturated carbocycles. The molecule has 0 atom stereocenters. The van der Waals surface area contributed by atoms with Gasteiger partial charge in [-0.05, 0) is 13.0 Å². The first kappa shape index (κ1) is 14.2. The summed E-state index contributed by atoms with van der Waals surface area (Å²) in [5.74, 6) is -0.520. The average molecular weight is 302 g/mol. The number of aromatic nitrogens is 4. The summed E-state index contributed by atoms with van der Waals surface area (Å²) in [6.07, 6.45) is 2.99. The molecule has 0 radical (unpaired) electrons. The second kappa shape index (κ2) is 5.23. The predicted molar refractivity (Wildman–Crippen MR) is 77.9 cm³/mol. The Hall–Kier alpha value is -2.74. The van der Waals surface area contributed by atoms with Crippen LogP contribution in [0, 0.1) is 6.92 Å². The van der Waals surface area contributed by atoms with Crippen LogP contribution in [-0.4, -0.2) is 44.0 Å². The number of aryl methyl sites for hydroxylation is 1. The van der Waals surface area contributed by atoms with Crippen LogP contribution in [0.25, 0.3) is 16.6 Å². The Morgan fingerprint density at radius 2 is 2.23 bits per heavy atom. The van der Waals surface area contributed by atoms with Crippen LogP contribution < -0.4 is 5.56 Å². The Balaban J connectivity index is 2.36. The molecule has 0 saturated heterocycles. The summed E-state index contributed by atoms with van der Waals surface area (Å²) in [6, 6.07) is 1.70. The third kappa shape index (κ3) is 1.96. The van der Waals surface area contributed by atoms with Gasteiger partial charge in [0.25, 0.3) is 5.56 Å². The largest absolute Gasteiger partial charge is 0.465 e. The molecule has 0 aliphatic carbocycles. The van der Waals surface area contributed by atoms with E-state index in [4.69, 9.17) is 9.84 Å². The van der Waals surface area contributed by atoms with Gasteiger partial charge in [0.1, 0.15) is 5.56 Å². The summed E-state index contributed by atoms with van der Waals surface area (Å²) in [7, 11) is 1.29. The number of ether oxygens (including phenoxy) is 1. The van der Waals surface area contributed by atoms with Crippen molar-refractivity contribution in [2.45, 2.75) is 13.5 Å². The number of pyridine rings is 1. The van der Waals surface area contributed by atoms with E-state index in [1.54, 1.807) is 19.2 Å². The molecule has 0 bridgehead atoms. The number of nitrogens with zero attached hydrogens (tertiary/aromatic N) is 4. The van der Waals surface area contributed by atoms with Gasteiger partial charge >= 0.3 is 5.97 Å². The van der Waals surface area contributed by atoms with E-state index in [-0.39, 0.29) is 24.3 Å². The second-order valence-electron chi connectivity index (χ2n) is 4.78. The topological polar surface area (TPSA) is 98.7 Å². The zero-order chi connectivity index (χ0) is 15.9. The monoisotopic (exact) mass is 302 g/mol. The standard InChI is InChI=1S/C14H14N4O4/c1-8-11(14(21)22-2)12-15-7-9-10(18(12)16-8)3-4-17(5-6-19)13(9)20/h3-4,7,19H,5-6H2,1-2H3. The second-order valence-corrected chi connectivity index (χ2v) is 4.78. The highest BCUT2D eigenvalue weighted by molar-refractivity contribution is 5.98. The molecule has 1 N–H and O–H groups in total. The molecule has 0 fully saturated rings. The van der Waals surface area contributed by atoms with Crippen molar-refractivity contribution < 1.29 is 14.6 Å². The average Bonchev–Trinajstić information content (AvgIpc) is 2.85. The third-order valence-corrected chi connectivity index (χ3v) is 3.49. The molecular formula is C14H14N4O4. The van der Waals surface area contributed by atoms with Crippen LogP contribution in [0.15, 0.2) is 23.3 Å². The fourth-order valence-corrected chi connectivity index (χ4v) is 2.44. The summed E-state index contributed by atoms with van der Waals surface area (Å²) >= 11 is 0. The maximum absolute atomic E-state index is 12.3.